The van der Waals surface area contributed by atoms with Crippen molar-refractivity contribution < 1.29 is 17.0 Å². The largest absolute Gasteiger partial charge is 0.379 e. The molecule has 3 nitrogen and oxygen atoms in total. The lowest BCUT2D eigenvalue weighted by Crippen LogP contribution is -2.37. The zero-order chi connectivity index (χ0) is 12.6. The fraction of sp³-hybridized carbons (Fsp3) is 0.400. The summed E-state index contributed by atoms with van der Waals surface area (Å²) in [6, 6.07) is 4.44. The molecule has 0 spiro atoms. The smallest absolute Gasteiger partial charge is 0.306 e. The first-order valence-corrected chi connectivity index (χ1v) is 10.1. The molecule has 0 aliphatic rings. The van der Waals surface area contributed by atoms with Gasteiger partial charge in [-0.3, -0.25) is 0 Å². The van der Waals surface area contributed by atoms with Crippen LogP contribution >= 0.6 is 0 Å². The van der Waals surface area contributed by atoms with Crippen LogP contribution in [0.4, 0.5) is 4.39 Å². The Morgan fingerprint density at radius 2 is 1.81 bits per heavy atom. The van der Waals surface area contributed by atoms with Gasteiger partial charge in [0.1, 0.15) is 0 Å². The Hall–Kier alpha value is -0.883. The first-order chi connectivity index (χ1) is 7.09. The Morgan fingerprint density at radius 1 is 1.25 bits per heavy atom. The van der Waals surface area contributed by atoms with Crippen molar-refractivity contribution in [2.45, 2.75) is 19.6 Å². The fourth-order valence-electron chi connectivity index (χ4n) is 1.20. The van der Waals surface area contributed by atoms with E-state index in [0.29, 0.717) is 0 Å². The molecule has 0 bridgehead atoms. The number of halogens is 1. The maximum Gasteiger partial charge on any atom is 0.306 e. The first-order valence-electron chi connectivity index (χ1n) is 4.79. The summed E-state index contributed by atoms with van der Waals surface area (Å²) in [6.45, 7) is 6.25. The molecule has 16 heavy (non-hydrogen) atoms. The third-order valence-corrected chi connectivity index (χ3v) is 4.56. The predicted octanol–water partition coefficient (Wildman–Crippen LogP) is 1.71. The highest BCUT2D eigenvalue weighted by Gasteiger charge is 2.19. The Morgan fingerprint density at radius 3 is 2.19 bits per heavy atom. The Bertz CT molecular complexity index is 491. The van der Waals surface area contributed by atoms with Gasteiger partial charge in [-0.25, -0.2) is 4.39 Å². The SMILES string of the molecule is C[Si](C)(C)c1ccc(OS(C)(=O)=O)c(F)c1. The summed E-state index contributed by atoms with van der Waals surface area (Å²) in [5, 5.41) is 0.922. The molecule has 0 fully saturated rings. The standard InChI is InChI=1S/C10H15FO3SSi/c1-15(12,13)14-10-6-5-8(7-9(10)11)16(2,3)4/h5-7H,1-4H3. The minimum Gasteiger partial charge on any atom is -0.379 e. The highest BCUT2D eigenvalue weighted by molar-refractivity contribution is 7.86. The molecule has 0 atom stereocenters. The molecular weight excluding hydrogens is 247 g/mol. The van der Waals surface area contributed by atoms with Crippen molar-refractivity contribution in [2.24, 2.45) is 0 Å². The van der Waals surface area contributed by atoms with Gasteiger partial charge in [-0.1, -0.05) is 30.9 Å². The van der Waals surface area contributed by atoms with Crippen molar-refractivity contribution in [3.8, 4) is 5.75 Å². The molecule has 1 rings (SSSR count). The van der Waals surface area contributed by atoms with Crippen molar-refractivity contribution in [2.75, 3.05) is 6.26 Å². The lowest BCUT2D eigenvalue weighted by molar-refractivity contribution is 0.467. The molecule has 0 heterocycles. The van der Waals surface area contributed by atoms with Crippen molar-refractivity contribution in [1.82, 2.24) is 0 Å². The van der Waals surface area contributed by atoms with Crippen LogP contribution < -0.4 is 9.37 Å². The molecule has 0 N–H and O–H groups in total. The summed E-state index contributed by atoms with van der Waals surface area (Å²) < 4.78 is 39.8. The lowest BCUT2D eigenvalue weighted by atomic mass is 10.3. The van der Waals surface area contributed by atoms with E-state index in [0.717, 1.165) is 11.4 Å². The molecule has 0 aliphatic heterocycles. The van der Waals surface area contributed by atoms with Gasteiger partial charge in [0.15, 0.2) is 11.6 Å². The maximum atomic E-state index is 13.5. The third kappa shape index (κ3) is 3.60. The Balaban J connectivity index is 3.11. The van der Waals surface area contributed by atoms with E-state index in [4.69, 9.17) is 0 Å². The highest BCUT2D eigenvalue weighted by Crippen LogP contribution is 2.18. The van der Waals surface area contributed by atoms with Crippen molar-refractivity contribution >= 4 is 23.4 Å². The van der Waals surface area contributed by atoms with Gasteiger partial charge in [-0.15, -0.1) is 0 Å². The average molecular weight is 262 g/mol. The molecule has 90 valence electrons. The van der Waals surface area contributed by atoms with E-state index in [-0.39, 0.29) is 5.75 Å². The van der Waals surface area contributed by atoms with Crippen LogP contribution in [0.1, 0.15) is 0 Å². The molecule has 0 amide bonds. The van der Waals surface area contributed by atoms with Crippen LogP contribution in [0.25, 0.3) is 0 Å². The van der Waals surface area contributed by atoms with Crippen molar-refractivity contribution in [3.63, 3.8) is 0 Å². The summed E-state index contributed by atoms with van der Waals surface area (Å²) in [6.07, 6.45) is 0.888. The first kappa shape index (κ1) is 13.2. The van der Waals surface area contributed by atoms with Crippen LogP contribution in [0.2, 0.25) is 19.6 Å². The second-order valence-electron chi connectivity index (χ2n) is 4.68. The monoisotopic (exact) mass is 262 g/mol. The molecule has 0 unspecified atom stereocenters. The fourth-order valence-corrected chi connectivity index (χ4v) is 2.80. The van der Waals surface area contributed by atoms with Crippen molar-refractivity contribution in [3.05, 3.63) is 24.0 Å². The van der Waals surface area contributed by atoms with Crippen LogP contribution in [0.15, 0.2) is 18.2 Å². The van der Waals surface area contributed by atoms with Gasteiger partial charge in [0, 0.05) is 0 Å². The van der Waals surface area contributed by atoms with E-state index in [9.17, 15) is 12.8 Å². The quantitative estimate of drug-likeness (QED) is 0.615. The van der Waals surface area contributed by atoms with Crippen LogP contribution in [0.5, 0.6) is 5.75 Å². The minimum absolute atomic E-state index is 0.246. The topological polar surface area (TPSA) is 43.4 Å². The minimum atomic E-state index is -3.68. The molecule has 0 saturated carbocycles. The average Bonchev–Trinajstić information content (AvgIpc) is 2.04. The van der Waals surface area contributed by atoms with Crippen molar-refractivity contribution in [1.29, 1.82) is 0 Å². The van der Waals surface area contributed by atoms with Gasteiger partial charge < -0.3 is 4.18 Å². The van der Waals surface area contributed by atoms with E-state index < -0.39 is 24.0 Å². The second kappa shape index (κ2) is 4.18. The normalized spacial score (nSPS) is 12.6. The summed E-state index contributed by atoms with van der Waals surface area (Å²) in [5.41, 5.74) is 0. The third-order valence-electron chi connectivity index (χ3n) is 2.04. The Labute approximate surface area is 96.4 Å². The summed E-state index contributed by atoms with van der Waals surface area (Å²) in [5.74, 6) is -0.880. The molecule has 6 heteroatoms. The second-order valence-corrected chi connectivity index (χ2v) is 11.3. The molecule has 1 aromatic carbocycles. The summed E-state index contributed by atoms with van der Waals surface area (Å²) >= 11 is 0. The van der Waals surface area contributed by atoms with Gasteiger partial charge >= 0.3 is 10.1 Å². The lowest BCUT2D eigenvalue weighted by Gasteiger charge is -2.17. The number of rotatable bonds is 3. The molecule has 0 radical (unpaired) electrons. The number of hydrogen-bond donors (Lipinski definition) is 0. The van der Waals surface area contributed by atoms with Gasteiger partial charge in [0.2, 0.25) is 0 Å². The predicted molar refractivity (Wildman–Crippen MR) is 64.9 cm³/mol. The number of hydrogen-bond acceptors (Lipinski definition) is 3. The van der Waals surface area contributed by atoms with E-state index in [1.54, 1.807) is 6.07 Å². The van der Waals surface area contributed by atoms with Crippen LogP contribution in [0.3, 0.4) is 0 Å². The van der Waals surface area contributed by atoms with Crippen LogP contribution in [-0.2, 0) is 10.1 Å². The van der Waals surface area contributed by atoms with E-state index in [1.165, 1.54) is 12.1 Å². The van der Waals surface area contributed by atoms with E-state index in [1.807, 2.05) is 0 Å². The Kier molecular flexibility index (Phi) is 3.44. The van der Waals surface area contributed by atoms with Gasteiger partial charge in [0.25, 0.3) is 0 Å². The summed E-state index contributed by atoms with van der Waals surface area (Å²) in [4.78, 5) is 0. The molecule has 1 aromatic rings. The van der Waals surface area contributed by atoms with E-state index in [2.05, 4.69) is 23.8 Å². The zero-order valence-electron chi connectivity index (χ0n) is 9.74. The molecular formula is C10H15FO3SSi. The highest BCUT2D eigenvalue weighted by atomic mass is 32.2. The molecule has 0 aliphatic carbocycles. The number of benzene rings is 1. The summed E-state index contributed by atoms with van der Waals surface area (Å²) in [7, 11) is -5.27. The maximum absolute atomic E-state index is 13.5. The molecule has 0 saturated heterocycles. The van der Waals surface area contributed by atoms with Crippen LogP contribution in [-0.4, -0.2) is 22.7 Å². The molecule has 0 aromatic heterocycles. The van der Waals surface area contributed by atoms with Gasteiger partial charge in [0.05, 0.1) is 14.3 Å². The zero-order valence-corrected chi connectivity index (χ0v) is 11.6. The van der Waals surface area contributed by atoms with Gasteiger partial charge in [-0.05, 0) is 12.1 Å². The van der Waals surface area contributed by atoms with Crippen LogP contribution in [0, 0.1) is 5.82 Å². The van der Waals surface area contributed by atoms with Gasteiger partial charge in [-0.2, -0.15) is 8.42 Å². The van der Waals surface area contributed by atoms with E-state index >= 15 is 0 Å².